The van der Waals surface area contributed by atoms with Crippen LogP contribution in [0.3, 0.4) is 0 Å². The first-order valence-corrected chi connectivity index (χ1v) is 14.0. The third-order valence-corrected chi connectivity index (χ3v) is 6.75. The van der Waals surface area contributed by atoms with Crippen LogP contribution in [0.1, 0.15) is 82.0 Å². The third-order valence-electron chi connectivity index (χ3n) is 6.75. The van der Waals surface area contributed by atoms with Crippen LogP contribution in [-0.2, 0) is 22.4 Å². The van der Waals surface area contributed by atoms with Crippen molar-refractivity contribution in [1.29, 1.82) is 0 Å². The van der Waals surface area contributed by atoms with E-state index in [1.165, 1.54) is 24.1 Å². The number of aryl methyl sites for hydroxylation is 2. The molecule has 1 heterocycles. The van der Waals surface area contributed by atoms with Crippen molar-refractivity contribution >= 4 is 29.7 Å². The van der Waals surface area contributed by atoms with Gasteiger partial charge in [-0.1, -0.05) is 46.2 Å². The summed E-state index contributed by atoms with van der Waals surface area (Å²) in [5, 5.41) is 12.1. The Morgan fingerprint density at radius 3 is 2.42 bits per heavy atom. The molecule has 0 unspecified atom stereocenters. The summed E-state index contributed by atoms with van der Waals surface area (Å²) in [5.41, 5.74) is 7.29. The van der Waals surface area contributed by atoms with E-state index in [2.05, 4.69) is 55.0 Å². The highest BCUT2D eigenvalue weighted by atomic mass is 16.3. The van der Waals surface area contributed by atoms with Gasteiger partial charge in [0.1, 0.15) is 0 Å². The van der Waals surface area contributed by atoms with Gasteiger partial charge in [0.15, 0.2) is 0 Å². The Bertz CT molecular complexity index is 1010. The van der Waals surface area contributed by atoms with E-state index in [4.69, 9.17) is 0 Å². The molecule has 0 aliphatic rings. The first kappa shape index (κ1) is 33.1. The number of anilines is 1. The number of aliphatic hydroxyl groups is 1. The number of hydrogen-bond acceptors (Lipinski definition) is 4. The van der Waals surface area contributed by atoms with Gasteiger partial charge in [0.2, 0.25) is 12.3 Å². The summed E-state index contributed by atoms with van der Waals surface area (Å²) in [5.74, 6) is 0.238. The second-order valence-corrected chi connectivity index (χ2v) is 9.60. The molecule has 38 heavy (non-hydrogen) atoms. The monoisotopic (exact) mass is 526 g/mol. The summed E-state index contributed by atoms with van der Waals surface area (Å²) < 4.78 is 0. The SMILES string of the molecule is CCCCN(CC)CCN(C)C(=O)CC.CCc1cc(C)c(/C=C(\C)c2c(CCO)cccc2NC=O)[nH]1. The van der Waals surface area contributed by atoms with Crippen LogP contribution in [0.2, 0.25) is 0 Å². The molecule has 212 valence electrons. The molecule has 0 saturated carbocycles. The highest BCUT2D eigenvalue weighted by Gasteiger charge is 2.11. The van der Waals surface area contributed by atoms with Gasteiger partial charge in [-0.2, -0.15) is 0 Å². The number of nitrogens with one attached hydrogen (secondary N) is 2. The van der Waals surface area contributed by atoms with Crippen molar-refractivity contribution < 1.29 is 14.7 Å². The molecule has 0 aliphatic carbocycles. The highest BCUT2D eigenvalue weighted by Crippen LogP contribution is 2.30. The lowest BCUT2D eigenvalue weighted by molar-refractivity contribution is -0.129. The Morgan fingerprint density at radius 2 is 1.87 bits per heavy atom. The molecule has 3 N–H and O–H groups in total. The van der Waals surface area contributed by atoms with E-state index in [-0.39, 0.29) is 12.5 Å². The number of rotatable bonds is 15. The molecule has 2 aromatic rings. The summed E-state index contributed by atoms with van der Waals surface area (Å²) in [6.07, 6.45) is 7.40. The molecule has 1 aromatic carbocycles. The lowest BCUT2D eigenvalue weighted by atomic mass is 9.95. The summed E-state index contributed by atoms with van der Waals surface area (Å²) >= 11 is 0. The minimum absolute atomic E-state index is 0.0757. The van der Waals surface area contributed by atoms with Gasteiger partial charge in [0.05, 0.1) is 0 Å². The summed E-state index contributed by atoms with van der Waals surface area (Å²) in [7, 11) is 1.89. The molecule has 0 saturated heterocycles. The third kappa shape index (κ3) is 10.8. The van der Waals surface area contributed by atoms with Crippen molar-refractivity contribution in [2.24, 2.45) is 0 Å². The van der Waals surface area contributed by atoms with Crippen LogP contribution in [0.25, 0.3) is 11.6 Å². The van der Waals surface area contributed by atoms with Crippen LogP contribution in [0.5, 0.6) is 0 Å². The lowest BCUT2D eigenvalue weighted by Crippen LogP contribution is -2.36. The number of unbranched alkanes of at least 4 members (excludes halogenated alkanes) is 1. The van der Waals surface area contributed by atoms with Crippen LogP contribution in [-0.4, -0.2) is 72.0 Å². The van der Waals surface area contributed by atoms with Gasteiger partial charge in [-0.05, 0) is 81.1 Å². The maximum absolute atomic E-state index is 11.3. The quantitative estimate of drug-likeness (QED) is 0.266. The first-order chi connectivity index (χ1) is 18.3. The maximum Gasteiger partial charge on any atom is 0.222 e. The van der Waals surface area contributed by atoms with Crippen LogP contribution in [0.4, 0.5) is 5.69 Å². The fraction of sp³-hybridized carbons (Fsp3) is 0.548. The van der Waals surface area contributed by atoms with Crippen molar-refractivity contribution in [3.05, 3.63) is 52.3 Å². The van der Waals surface area contributed by atoms with E-state index in [9.17, 15) is 14.7 Å². The number of carbonyl (C=O) groups excluding carboxylic acids is 2. The van der Waals surface area contributed by atoms with E-state index >= 15 is 0 Å². The number of aliphatic hydroxyl groups excluding tert-OH is 1. The number of amides is 2. The van der Waals surface area contributed by atoms with Crippen molar-refractivity contribution in [3.63, 3.8) is 0 Å². The van der Waals surface area contributed by atoms with E-state index in [1.807, 2.05) is 44.0 Å². The molecule has 0 fully saturated rings. The Hall–Kier alpha value is -2.90. The number of allylic oxidation sites excluding steroid dienone is 1. The van der Waals surface area contributed by atoms with Crippen LogP contribution < -0.4 is 5.32 Å². The fourth-order valence-electron chi connectivity index (χ4n) is 4.35. The van der Waals surface area contributed by atoms with Gasteiger partial charge in [-0.3, -0.25) is 9.59 Å². The zero-order chi connectivity index (χ0) is 28.5. The van der Waals surface area contributed by atoms with Gasteiger partial charge < -0.3 is 25.2 Å². The summed E-state index contributed by atoms with van der Waals surface area (Å²) in [6, 6.07) is 7.91. The molecule has 0 spiro atoms. The molecular weight excluding hydrogens is 476 g/mol. The molecule has 0 aliphatic heterocycles. The highest BCUT2D eigenvalue weighted by molar-refractivity contribution is 5.90. The largest absolute Gasteiger partial charge is 0.396 e. The fourth-order valence-corrected chi connectivity index (χ4v) is 4.35. The number of nitrogens with zero attached hydrogens (tertiary/aromatic N) is 2. The normalized spacial score (nSPS) is 11.2. The van der Waals surface area contributed by atoms with Crippen molar-refractivity contribution in [1.82, 2.24) is 14.8 Å². The maximum atomic E-state index is 11.3. The number of likely N-dealkylation sites (N-methyl/N-ethyl adjacent to an activating group) is 2. The minimum atomic E-state index is 0.0757. The predicted octanol–water partition coefficient (Wildman–Crippen LogP) is 5.53. The molecule has 1 aromatic heterocycles. The number of aromatic nitrogens is 1. The molecule has 0 bridgehead atoms. The van der Waals surface area contributed by atoms with Crippen molar-refractivity contribution in [2.45, 2.75) is 73.6 Å². The molecule has 0 radical (unpaired) electrons. The second kappa shape index (κ2) is 18.4. The van der Waals surface area contributed by atoms with Gasteiger partial charge in [-0.15, -0.1) is 0 Å². The molecular formula is C31H50N4O3. The smallest absolute Gasteiger partial charge is 0.222 e. The Kier molecular flexibility index (Phi) is 16.0. The number of benzene rings is 1. The Labute approximate surface area is 230 Å². The van der Waals surface area contributed by atoms with E-state index in [1.54, 1.807) is 0 Å². The zero-order valence-electron chi connectivity index (χ0n) is 24.7. The first-order valence-electron chi connectivity index (χ1n) is 14.0. The average molecular weight is 527 g/mol. The molecule has 2 amide bonds. The van der Waals surface area contributed by atoms with Crippen molar-refractivity contribution in [2.75, 3.05) is 45.2 Å². The number of aromatic amines is 1. The van der Waals surface area contributed by atoms with Gasteiger partial charge >= 0.3 is 0 Å². The zero-order valence-corrected chi connectivity index (χ0v) is 24.7. The number of carbonyl (C=O) groups is 2. The Balaban J connectivity index is 0.000000420. The summed E-state index contributed by atoms with van der Waals surface area (Å²) in [6.45, 7) is 16.7. The standard InChI is InChI=1S/C19H24N2O2.C12H26N2O/c1-4-16-10-13(2)18(21-16)11-14(3)19-15(8-9-22)6-5-7-17(19)20-12-23;1-5-8-9-14(7-3)11-10-13(4)12(15)6-2/h5-7,10-12,21-22H,4,8-9H2,1-3H3,(H,20,23);5-11H2,1-4H3/b14-11+;. The van der Waals surface area contributed by atoms with E-state index < -0.39 is 0 Å². The van der Waals surface area contributed by atoms with Crippen LogP contribution in [0.15, 0.2) is 24.3 Å². The topological polar surface area (TPSA) is 88.7 Å². The molecule has 7 nitrogen and oxygen atoms in total. The molecule has 7 heteroatoms. The van der Waals surface area contributed by atoms with Gasteiger partial charge in [0, 0.05) is 55.8 Å². The molecule has 0 atom stereocenters. The van der Waals surface area contributed by atoms with E-state index in [0.29, 0.717) is 19.3 Å². The number of H-pyrrole nitrogens is 1. The van der Waals surface area contributed by atoms with Gasteiger partial charge in [0.25, 0.3) is 0 Å². The average Bonchev–Trinajstić information content (AvgIpc) is 3.27. The number of hydrogen-bond donors (Lipinski definition) is 3. The summed E-state index contributed by atoms with van der Waals surface area (Å²) in [4.78, 5) is 29.9. The molecule has 2 rings (SSSR count). The Morgan fingerprint density at radius 1 is 1.13 bits per heavy atom. The van der Waals surface area contributed by atoms with Crippen molar-refractivity contribution in [3.8, 4) is 0 Å². The van der Waals surface area contributed by atoms with E-state index in [0.717, 1.165) is 60.7 Å². The van der Waals surface area contributed by atoms with Gasteiger partial charge in [-0.25, -0.2) is 0 Å². The minimum Gasteiger partial charge on any atom is -0.396 e. The van der Waals surface area contributed by atoms with Crippen LogP contribution >= 0.6 is 0 Å². The second-order valence-electron chi connectivity index (χ2n) is 9.60. The predicted molar refractivity (Wildman–Crippen MR) is 160 cm³/mol. The lowest BCUT2D eigenvalue weighted by Gasteiger charge is -2.24. The van der Waals surface area contributed by atoms with Crippen LogP contribution in [0, 0.1) is 6.92 Å².